The highest BCUT2D eigenvalue weighted by Crippen LogP contribution is 2.13. The Morgan fingerprint density at radius 2 is 2.22 bits per heavy atom. The Morgan fingerprint density at radius 1 is 1.33 bits per heavy atom. The van der Waals surface area contributed by atoms with Gasteiger partial charge in [-0.1, -0.05) is 0 Å². The molecule has 0 aromatic carbocycles. The van der Waals surface area contributed by atoms with Gasteiger partial charge in [0.1, 0.15) is 5.76 Å². The number of hydrogen-bond donors (Lipinski definition) is 2. The predicted molar refractivity (Wildman–Crippen MR) is 106 cm³/mol. The molecule has 2 N–H and O–H groups in total. The number of rotatable bonds is 7. The standard InChI is InChI=1S/C20H31N5O2/c1-15-19(16(2)25(3)24-15)14-23-20(21-10-9-17-8-6-12-26-17)22-13-18-7-4-5-11-27-18/h6,8,12,18H,4-5,7,9-11,13-14H2,1-3H3,(H2,21,22,23). The summed E-state index contributed by atoms with van der Waals surface area (Å²) in [6.07, 6.45) is 6.29. The molecule has 1 unspecified atom stereocenters. The number of nitrogens with zero attached hydrogens (tertiary/aromatic N) is 3. The van der Waals surface area contributed by atoms with E-state index in [4.69, 9.17) is 14.1 Å². The van der Waals surface area contributed by atoms with E-state index < -0.39 is 0 Å². The second-order valence-corrected chi connectivity index (χ2v) is 7.06. The van der Waals surface area contributed by atoms with E-state index in [1.54, 1.807) is 6.26 Å². The zero-order chi connectivity index (χ0) is 19.1. The van der Waals surface area contributed by atoms with Gasteiger partial charge in [0, 0.05) is 44.4 Å². The summed E-state index contributed by atoms with van der Waals surface area (Å²) in [7, 11) is 1.97. The van der Waals surface area contributed by atoms with Crippen molar-refractivity contribution in [1.29, 1.82) is 0 Å². The Labute approximate surface area is 161 Å². The summed E-state index contributed by atoms with van der Waals surface area (Å²) in [4.78, 5) is 4.79. The summed E-state index contributed by atoms with van der Waals surface area (Å²) >= 11 is 0. The molecular formula is C20H31N5O2. The monoisotopic (exact) mass is 373 g/mol. The SMILES string of the molecule is Cc1nn(C)c(C)c1CN=C(NCCc1ccco1)NCC1CCCCO1. The summed E-state index contributed by atoms with van der Waals surface area (Å²) in [6, 6.07) is 3.90. The number of hydrogen-bond acceptors (Lipinski definition) is 4. The van der Waals surface area contributed by atoms with Gasteiger partial charge in [0.15, 0.2) is 5.96 Å². The summed E-state index contributed by atoms with van der Waals surface area (Å²) < 4.78 is 13.1. The number of aromatic nitrogens is 2. The van der Waals surface area contributed by atoms with Crippen LogP contribution in [0.5, 0.6) is 0 Å². The highest BCUT2D eigenvalue weighted by atomic mass is 16.5. The van der Waals surface area contributed by atoms with Crippen molar-refractivity contribution >= 4 is 5.96 Å². The van der Waals surface area contributed by atoms with Gasteiger partial charge >= 0.3 is 0 Å². The topological polar surface area (TPSA) is 76.6 Å². The van der Waals surface area contributed by atoms with E-state index in [1.165, 1.54) is 18.4 Å². The second-order valence-electron chi connectivity index (χ2n) is 7.06. The maximum absolute atomic E-state index is 5.82. The lowest BCUT2D eigenvalue weighted by Gasteiger charge is -2.23. The Bertz CT molecular complexity index is 730. The van der Waals surface area contributed by atoms with Crippen LogP contribution in [0.2, 0.25) is 0 Å². The van der Waals surface area contributed by atoms with E-state index in [9.17, 15) is 0 Å². The Balaban J connectivity index is 1.59. The van der Waals surface area contributed by atoms with Crippen LogP contribution in [0.4, 0.5) is 0 Å². The normalized spacial score (nSPS) is 17.9. The largest absolute Gasteiger partial charge is 0.469 e. The second kappa shape index (κ2) is 9.60. The predicted octanol–water partition coefficient (Wildman–Crippen LogP) is 2.48. The van der Waals surface area contributed by atoms with Crippen molar-refractivity contribution in [3.05, 3.63) is 41.1 Å². The molecule has 0 saturated carbocycles. The number of nitrogens with one attached hydrogen (secondary N) is 2. The maximum atomic E-state index is 5.82. The summed E-state index contributed by atoms with van der Waals surface area (Å²) in [5.41, 5.74) is 3.37. The first-order chi connectivity index (χ1) is 13.1. The Kier molecular flexibility index (Phi) is 6.92. The molecule has 2 aromatic heterocycles. The molecular weight excluding hydrogens is 342 g/mol. The zero-order valence-electron chi connectivity index (χ0n) is 16.6. The molecule has 0 spiro atoms. The summed E-state index contributed by atoms with van der Waals surface area (Å²) in [5, 5.41) is 11.3. The molecule has 3 rings (SSSR count). The molecule has 0 amide bonds. The fourth-order valence-electron chi connectivity index (χ4n) is 3.32. The molecule has 1 atom stereocenters. The molecule has 1 aliphatic rings. The van der Waals surface area contributed by atoms with Crippen LogP contribution in [0.25, 0.3) is 0 Å². The van der Waals surface area contributed by atoms with Crippen molar-refractivity contribution < 1.29 is 9.15 Å². The van der Waals surface area contributed by atoms with Crippen molar-refractivity contribution in [3.63, 3.8) is 0 Å². The first kappa shape index (κ1) is 19.5. The van der Waals surface area contributed by atoms with Crippen LogP contribution in [0.1, 0.15) is 42.0 Å². The van der Waals surface area contributed by atoms with E-state index in [2.05, 4.69) is 22.7 Å². The fraction of sp³-hybridized carbons (Fsp3) is 0.600. The molecule has 3 heterocycles. The summed E-state index contributed by atoms with van der Waals surface area (Å²) in [5.74, 6) is 1.77. The van der Waals surface area contributed by atoms with Crippen LogP contribution in [-0.2, 0) is 24.8 Å². The van der Waals surface area contributed by atoms with Gasteiger partial charge in [0.05, 0.1) is 24.6 Å². The van der Waals surface area contributed by atoms with Gasteiger partial charge in [-0.3, -0.25) is 4.68 Å². The molecule has 7 heteroatoms. The Hall–Kier alpha value is -2.28. The third-order valence-corrected chi connectivity index (χ3v) is 5.07. The van der Waals surface area contributed by atoms with Gasteiger partial charge < -0.3 is 19.8 Å². The van der Waals surface area contributed by atoms with E-state index in [0.717, 1.165) is 55.6 Å². The lowest BCUT2D eigenvalue weighted by molar-refractivity contribution is 0.0194. The van der Waals surface area contributed by atoms with Gasteiger partial charge in [-0.2, -0.15) is 5.10 Å². The zero-order valence-corrected chi connectivity index (χ0v) is 16.6. The lowest BCUT2D eigenvalue weighted by atomic mass is 10.1. The average Bonchev–Trinajstić information content (AvgIpc) is 3.27. The maximum Gasteiger partial charge on any atom is 0.191 e. The minimum atomic E-state index is 0.262. The van der Waals surface area contributed by atoms with Crippen LogP contribution < -0.4 is 10.6 Å². The van der Waals surface area contributed by atoms with E-state index in [0.29, 0.717) is 6.54 Å². The van der Waals surface area contributed by atoms with E-state index in [-0.39, 0.29) is 6.10 Å². The molecule has 1 aliphatic heterocycles. The molecule has 27 heavy (non-hydrogen) atoms. The molecule has 0 radical (unpaired) electrons. The number of aliphatic imine (C=N–C) groups is 1. The third kappa shape index (κ3) is 5.60. The molecule has 7 nitrogen and oxygen atoms in total. The summed E-state index contributed by atoms with van der Waals surface area (Å²) in [6.45, 7) is 7.11. The highest BCUT2D eigenvalue weighted by molar-refractivity contribution is 5.79. The molecule has 2 aromatic rings. The highest BCUT2D eigenvalue weighted by Gasteiger charge is 2.14. The van der Waals surface area contributed by atoms with Crippen molar-refractivity contribution in [2.45, 2.75) is 52.2 Å². The van der Waals surface area contributed by atoms with Gasteiger partial charge in [-0.05, 0) is 45.2 Å². The van der Waals surface area contributed by atoms with Crippen LogP contribution in [0, 0.1) is 13.8 Å². The lowest BCUT2D eigenvalue weighted by Crippen LogP contribution is -2.43. The van der Waals surface area contributed by atoms with Crippen molar-refractivity contribution in [2.24, 2.45) is 12.0 Å². The molecule has 0 aliphatic carbocycles. The molecule has 1 fully saturated rings. The number of guanidine groups is 1. The van der Waals surface area contributed by atoms with Crippen molar-refractivity contribution in [1.82, 2.24) is 20.4 Å². The quantitative estimate of drug-likeness (QED) is 0.576. The van der Waals surface area contributed by atoms with E-state index >= 15 is 0 Å². The number of furan rings is 1. The smallest absolute Gasteiger partial charge is 0.191 e. The number of ether oxygens (including phenoxy) is 1. The molecule has 148 valence electrons. The minimum Gasteiger partial charge on any atom is -0.469 e. The van der Waals surface area contributed by atoms with Crippen molar-refractivity contribution in [3.8, 4) is 0 Å². The van der Waals surface area contributed by atoms with Gasteiger partial charge in [-0.25, -0.2) is 4.99 Å². The van der Waals surface area contributed by atoms with Crippen LogP contribution in [0.15, 0.2) is 27.8 Å². The Morgan fingerprint density at radius 3 is 2.89 bits per heavy atom. The van der Waals surface area contributed by atoms with Crippen molar-refractivity contribution in [2.75, 3.05) is 19.7 Å². The molecule has 0 bridgehead atoms. The van der Waals surface area contributed by atoms with Gasteiger partial charge in [0.2, 0.25) is 0 Å². The van der Waals surface area contributed by atoms with Gasteiger partial charge in [-0.15, -0.1) is 0 Å². The van der Waals surface area contributed by atoms with E-state index in [1.807, 2.05) is 30.8 Å². The first-order valence-corrected chi connectivity index (χ1v) is 9.78. The van der Waals surface area contributed by atoms with Crippen LogP contribution >= 0.6 is 0 Å². The third-order valence-electron chi connectivity index (χ3n) is 5.07. The van der Waals surface area contributed by atoms with Crippen LogP contribution in [0.3, 0.4) is 0 Å². The fourth-order valence-corrected chi connectivity index (χ4v) is 3.32. The first-order valence-electron chi connectivity index (χ1n) is 9.78. The minimum absolute atomic E-state index is 0.262. The number of aryl methyl sites for hydroxylation is 2. The molecule has 1 saturated heterocycles. The average molecular weight is 374 g/mol. The van der Waals surface area contributed by atoms with Gasteiger partial charge in [0.25, 0.3) is 0 Å². The van der Waals surface area contributed by atoms with Crippen LogP contribution in [-0.4, -0.2) is 41.5 Å².